The minimum atomic E-state index is 0.638. The zero-order chi connectivity index (χ0) is 13.8. The van der Waals surface area contributed by atoms with E-state index in [4.69, 9.17) is 5.73 Å². The van der Waals surface area contributed by atoms with Crippen LogP contribution in [0.25, 0.3) is 0 Å². The molecule has 1 aromatic carbocycles. The van der Waals surface area contributed by atoms with Gasteiger partial charge in [0.2, 0.25) is 0 Å². The minimum absolute atomic E-state index is 0.638. The molecular formula is C16H27N3. The van der Waals surface area contributed by atoms with Crippen LogP contribution in [0, 0.1) is 13.8 Å². The lowest BCUT2D eigenvalue weighted by Gasteiger charge is -2.39. The van der Waals surface area contributed by atoms with Crippen molar-refractivity contribution in [1.29, 1.82) is 0 Å². The van der Waals surface area contributed by atoms with E-state index < -0.39 is 0 Å². The van der Waals surface area contributed by atoms with Crippen molar-refractivity contribution in [2.24, 2.45) is 5.73 Å². The van der Waals surface area contributed by atoms with Crippen molar-refractivity contribution < 1.29 is 0 Å². The minimum Gasteiger partial charge on any atom is -0.370 e. The van der Waals surface area contributed by atoms with Crippen molar-refractivity contribution in [3.05, 3.63) is 29.3 Å². The fourth-order valence-corrected chi connectivity index (χ4v) is 2.86. The predicted molar refractivity (Wildman–Crippen MR) is 82.8 cm³/mol. The van der Waals surface area contributed by atoms with Crippen molar-refractivity contribution in [1.82, 2.24) is 4.90 Å². The summed E-state index contributed by atoms with van der Waals surface area (Å²) in [6, 6.07) is 7.45. The number of hydrogen-bond acceptors (Lipinski definition) is 3. The highest BCUT2D eigenvalue weighted by molar-refractivity contribution is 5.51. The predicted octanol–water partition coefficient (Wildman–Crippen LogP) is 2.16. The summed E-state index contributed by atoms with van der Waals surface area (Å²) in [7, 11) is 2.20. The Bertz CT molecular complexity index is 416. The third-order valence-corrected chi connectivity index (χ3v) is 4.36. The summed E-state index contributed by atoms with van der Waals surface area (Å²) in [6.45, 7) is 8.41. The van der Waals surface area contributed by atoms with Crippen LogP contribution in [-0.2, 0) is 0 Å². The molecule has 3 nitrogen and oxygen atoms in total. The quantitative estimate of drug-likeness (QED) is 0.901. The van der Waals surface area contributed by atoms with Gasteiger partial charge >= 0.3 is 0 Å². The van der Waals surface area contributed by atoms with Crippen LogP contribution < -0.4 is 10.6 Å². The highest BCUT2D eigenvalue weighted by atomic mass is 15.2. The van der Waals surface area contributed by atoms with E-state index in [1.54, 1.807) is 0 Å². The van der Waals surface area contributed by atoms with E-state index in [0.717, 1.165) is 19.6 Å². The second-order valence-electron chi connectivity index (χ2n) is 5.78. The lowest BCUT2D eigenvalue weighted by Crippen LogP contribution is -2.47. The Morgan fingerprint density at radius 2 is 2.11 bits per heavy atom. The smallest absolute Gasteiger partial charge is 0.0369 e. The molecule has 0 radical (unpaired) electrons. The lowest BCUT2D eigenvalue weighted by atomic mass is 10.0. The van der Waals surface area contributed by atoms with Gasteiger partial charge in [0, 0.05) is 37.9 Å². The number of nitrogens with two attached hydrogens (primary N) is 1. The molecule has 0 aromatic heterocycles. The van der Waals surface area contributed by atoms with Gasteiger partial charge in [-0.2, -0.15) is 0 Å². The number of nitrogens with zero attached hydrogens (tertiary/aromatic N) is 2. The van der Waals surface area contributed by atoms with Gasteiger partial charge in [-0.15, -0.1) is 0 Å². The fourth-order valence-electron chi connectivity index (χ4n) is 2.86. The lowest BCUT2D eigenvalue weighted by molar-refractivity contribution is 0.221. The van der Waals surface area contributed by atoms with Gasteiger partial charge in [0.25, 0.3) is 0 Å². The molecule has 2 N–H and O–H groups in total. The zero-order valence-corrected chi connectivity index (χ0v) is 12.5. The first-order chi connectivity index (χ1) is 9.11. The molecular weight excluding hydrogens is 234 g/mol. The maximum Gasteiger partial charge on any atom is 0.0369 e. The van der Waals surface area contributed by atoms with Crippen LogP contribution in [0.15, 0.2) is 18.2 Å². The van der Waals surface area contributed by atoms with Crippen LogP contribution in [0.5, 0.6) is 0 Å². The van der Waals surface area contributed by atoms with Crippen LogP contribution in [0.2, 0.25) is 0 Å². The largest absolute Gasteiger partial charge is 0.370 e. The van der Waals surface area contributed by atoms with E-state index in [0.29, 0.717) is 6.04 Å². The van der Waals surface area contributed by atoms with Gasteiger partial charge in [0.15, 0.2) is 0 Å². The summed E-state index contributed by atoms with van der Waals surface area (Å²) >= 11 is 0. The molecule has 1 atom stereocenters. The van der Waals surface area contributed by atoms with E-state index >= 15 is 0 Å². The van der Waals surface area contributed by atoms with Crippen molar-refractivity contribution in [3.63, 3.8) is 0 Å². The second-order valence-corrected chi connectivity index (χ2v) is 5.78. The molecule has 1 heterocycles. The molecule has 3 heteroatoms. The van der Waals surface area contributed by atoms with Crippen molar-refractivity contribution >= 4 is 5.69 Å². The number of hydrogen-bond donors (Lipinski definition) is 1. The third kappa shape index (κ3) is 3.48. The van der Waals surface area contributed by atoms with Gasteiger partial charge in [-0.25, -0.2) is 0 Å². The van der Waals surface area contributed by atoms with Crippen molar-refractivity contribution in [2.45, 2.75) is 32.7 Å². The maximum absolute atomic E-state index is 5.66. The molecule has 1 unspecified atom stereocenters. The average molecular weight is 261 g/mol. The van der Waals surface area contributed by atoms with E-state index in [-0.39, 0.29) is 0 Å². The molecule has 0 spiro atoms. The first kappa shape index (κ1) is 14.4. The number of anilines is 1. The Morgan fingerprint density at radius 1 is 1.32 bits per heavy atom. The Kier molecular flexibility index (Phi) is 4.83. The summed E-state index contributed by atoms with van der Waals surface area (Å²) < 4.78 is 0. The van der Waals surface area contributed by atoms with Crippen molar-refractivity contribution in [2.75, 3.05) is 38.1 Å². The number of benzene rings is 1. The van der Waals surface area contributed by atoms with Gasteiger partial charge in [0.1, 0.15) is 0 Å². The van der Waals surface area contributed by atoms with Crippen LogP contribution >= 0.6 is 0 Å². The molecule has 1 saturated heterocycles. The normalized spacial score (nSPS) is 20.1. The van der Waals surface area contributed by atoms with Crippen molar-refractivity contribution in [3.8, 4) is 0 Å². The summed E-state index contributed by atoms with van der Waals surface area (Å²) in [6.07, 6.45) is 2.56. The molecule has 1 aromatic rings. The standard InChI is InChI=1S/C16H27N3/c1-13-6-7-15(11-14(13)2)19-9-4-5-16(12-19)18(3)10-8-17/h6-7,11,16H,4-5,8-10,12,17H2,1-3H3. The fraction of sp³-hybridized carbons (Fsp3) is 0.625. The molecule has 1 aliphatic heterocycles. The molecule has 0 aliphatic carbocycles. The first-order valence-electron chi connectivity index (χ1n) is 7.34. The highest BCUT2D eigenvalue weighted by Crippen LogP contribution is 2.24. The topological polar surface area (TPSA) is 32.5 Å². The average Bonchev–Trinajstić information content (AvgIpc) is 2.42. The van der Waals surface area contributed by atoms with E-state index in [1.807, 2.05) is 0 Å². The molecule has 1 fully saturated rings. The molecule has 2 rings (SSSR count). The van der Waals surface area contributed by atoms with Crippen LogP contribution in [0.4, 0.5) is 5.69 Å². The second kappa shape index (κ2) is 6.40. The molecule has 0 amide bonds. The van der Waals surface area contributed by atoms with Gasteiger partial charge < -0.3 is 15.5 Å². The van der Waals surface area contributed by atoms with Crippen LogP contribution in [-0.4, -0.2) is 44.2 Å². The Balaban J connectivity index is 2.06. The molecule has 0 bridgehead atoms. The molecule has 0 saturated carbocycles. The van der Waals surface area contributed by atoms with Gasteiger partial charge in [-0.3, -0.25) is 0 Å². The van der Waals surface area contributed by atoms with Gasteiger partial charge in [-0.05, 0) is 57.0 Å². The summed E-state index contributed by atoms with van der Waals surface area (Å²) in [5, 5.41) is 0. The van der Waals surface area contributed by atoms with Gasteiger partial charge in [0.05, 0.1) is 0 Å². The van der Waals surface area contributed by atoms with E-state index in [2.05, 4.69) is 48.9 Å². The molecule has 19 heavy (non-hydrogen) atoms. The molecule has 106 valence electrons. The third-order valence-electron chi connectivity index (χ3n) is 4.36. The summed E-state index contributed by atoms with van der Waals surface area (Å²) in [5.41, 5.74) is 9.79. The maximum atomic E-state index is 5.66. The van der Waals surface area contributed by atoms with E-state index in [1.165, 1.54) is 36.2 Å². The molecule has 1 aliphatic rings. The Morgan fingerprint density at radius 3 is 2.79 bits per heavy atom. The van der Waals surface area contributed by atoms with Gasteiger partial charge in [-0.1, -0.05) is 6.07 Å². The number of piperidine rings is 1. The Labute approximate surface area is 117 Å². The highest BCUT2D eigenvalue weighted by Gasteiger charge is 2.23. The summed E-state index contributed by atoms with van der Waals surface area (Å²) in [4.78, 5) is 4.93. The monoisotopic (exact) mass is 261 g/mol. The van der Waals surface area contributed by atoms with Crippen LogP contribution in [0.1, 0.15) is 24.0 Å². The zero-order valence-electron chi connectivity index (χ0n) is 12.5. The van der Waals surface area contributed by atoms with Crippen LogP contribution in [0.3, 0.4) is 0 Å². The number of aryl methyl sites for hydroxylation is 2. The number of likely N-dealkylation sites (N-methyl/N-ethyl adjacent to an activating group) is 1. The Hall–Kier alpha value is -1.06. The van der Waals surface area contributed by atoms with E-state index in [9.17, 15) is 0 Å². The summed E-state index contributed by atoms with van der Waals surface area (Å²) in [5.74, 6) is 0. The first-order valence-corrected chi connectivity index (χ1v) is 7.34. The number of rotatable bonds is 4. The SMILES string of the molecule is Cc1ccc(N2CCCC(N(C)CCN)C2)cc1C.